The number of carbonyl (C=O) groups excluding carboxylic acids is 1. The van der Waals surface area contributed by atoms with Gasteiger partial charge in [0.05, 0.1) is 0 Å². The molecule has 0 heterocycles. The third kappa shape index (κ3) is 22.8. The second-order valence-electron chi connectivity index (χ2n) is 7.94. The summed E-state index contributed by atoms with van der Waals surface area (Å²) in [6.45, 7) is 2.27. The molecule has 1 amide bonds. The van der Waals surface area contributed by atoms with Crippen LogP contribution < -0.4 is 5.32 Å². The van der Waals surface area contributed by atoms with Crippen molar-refractivity contribution in [2.45, 2.75) is 122 Å². The fraction of sp³-hybridized carbons (Fsp3) is 0.913. The Kier molecular flexibility index (Phi) is 26.7. The van der Waals surface area contributed by atoms with Gasteiger partial charge >= 0.3 is 5.97 Å². The number of rotatable bonds is 21. The van der Waals surface area contributed by atoms with E-state index >= 15 is 0 Å². The molecule has 0 saturated heterocycles. The number of carbonyl (C=O) groups is 2. The van der Waals surface area contributed by atoms with E-state index in [9.17, 15) is 9.59 Å². The van der Waals surface area contributed by atoms with Gasteiger partial charge in [-0.1, -0.05) is 96.8 Å². The van der Waals surface area contributed by atoms with Gasteiger partial charge in [-0.15, -0.1) is 0 Å². The molecule has 0 aromatic carbocycles. The van der Waals surface area contributed by atoms with Crippen LogP contribution in [0.2, 0.25) is 0 Å². The number of amides is 1. The van der Waals surface area contributed by atoms with Crippen LogP contribution in [0.3, 0.4) is 0 Å². The molecule has 29 heavy (non-hydrogen) atoms. The summed E-state index contributed by atoms with van der Waals surface area (Å²) in [7, 11) is 0. The number of thioether (sulfide) groups is 1. The van der Waals surface area contributed by atoms with Gasteiger partial charge in [-0.05, 0) is 24.9 Å². The number of unbranched alkanes of at least 4 members (excludes halogenated alkanes) is 14. The van der Waals surface area contributed by atoms with Crippen molar-refractivity contribution in [3.8, 4) is 0 Å². The molecule has 0 unspecified atom stereocenters. The molecule has 0 aliphatic carbocycles. The zero-order valence-corrected chi connectivity index (χ0v) is 22.3. The molecular weight excluding hydrogens is 393 g/mol. The minimum atomic E-state index is -0.932. The van der Waals surface area contributed by atoms with E-state index in [0.29, 0.717) is 12.8 Å². The molecule has 0 bridgehead atoms. The summed E-state index contributed by atoms with van der Waals surface area (Å²) in [5.41, 5.74) is 0. The van der Waals surface area contributed by atoms with Crippen LogP contribution in [0.15, 0.2) is 0 Å². The van der Waals surface area contributed by atoms with Crippen LogP contribution in [0.25, 0.3) is 0 Å². The van der Waals surface area contributed by atoms with E-state index in [-0.39, 0.29) is 35.5 Å². The van der Waals surface area contributed by atoms with E-state index in [4.69, 9.17) is 5.11 Å². The van der Waals surface area contributed by atoms with Crippen molar-refractivity contribution >= 4 is 53.2 Å². The van der Waals surface area contributed by atoms with Gasteiger partial charge in [-0.25, -0.2) is 4.79 Å². The van der Waals surface area contributed by atoms with E-state index in [1.807, 2.05) is 6.26 Å². The van der Waals surface area contributed by atoms with Gasteiger partial charge < -0.3 is 10.4 Å². The Morgan fingerprint density at radius 1 is 0.793 bits per heavy atom. The van der Waals surface area contributed by atoms with Gasteiger partial charge in [0, 0.05) is 36.0 Å². The molecule has 0 aliphatic heterocycles. The molecule has 1 atom stereocenters. The predicted molar refractivity (Wildman–Crippen MR) is 128 cm³/mol. The molecule has 0 rings (SSSR count). The summed E-state index contributed by atoms with van der Waals surface area (Å²) in [5, 5.41) is 11.8. The maximum Gasteiger partial charge on any atom is 0.326 e. The van der Waals surface area contributed by atoms with Crippen molar-refractivity contribution in [2.75, 3.05) is 12.0 Å². The number of carboxylic acids is 1. The Bertz CT molecular complexity index is 383. The minimum absolute atomic E-state index is 0. The molecule has 1 radical (unpaired) electrons. The summed E-state index contributed by atoms with van der Waals surface area (Å²) >= 11 is 1.60. The fourth-order valence-corrected chi connectivity index (χ4v) is 3.89. The second kappa shape index (κ2) is 24.6. The van der Waals surface area contributed by atoms with Crippen molar-refractivity contribution in [1.82, 2.24) is 5.32 Å². The first-order valence-electron chi connectivity index (χ1n) is 11.6. The van der Waals surface area contributed by atoms with Gasteiger partial charge in [0.25, 0.3) is 0 Å². The zero-order valence-electron chi connectivity index (χ0n) is 19.5. The second-order valence-corrected chi connectivity index (χ2v) is 8.93. The van der Waals surface area contributed by atoms with Crippen LogP contribution in [0.1, 0.15) is 116 Å². The predicted octanol–water partition coefficient (Wildman–Crippen LogP) is 6.19. The average Bonchev–Trinajstić information content (AvgIpc) is 2.67. The summed E-state index contributed by atoms with van der Waals surface area (Å²) < 4.78 is 0. The van der Waals surface area contributed by atoms with Crippen LogP contribution in [0, 0.1) is 0 Å². The third-order valence-corrected chi connectivity index (χ3v) is 5.90. The quantitative estimate of drug-likeness (QED) is 0.166. The molecule has 6 heteroatoms. The van der Waals surface area contributed by atoms with Gasteiger partial charge in [-0.3, -0.25) is 4.79 Å². The number of nitrogens with one attached hydrogen (secondary N) is 1. The number of hydrogen-bond acceptors (Lipinski definition) is 3. The normalized spacial score (nSPS) is 11.7. The van der Waals surface area contributed by atoms with Gasteiger partial charge in [0.1, 0.15) is 6.04 Å². The third-order valence-electron chi connectivity index (χ3n) is 5.25. The number of aliphatic carboxylic acids is 1. The van der Waals surface area contributed by atoms with Crippen molar-refractivity contribution in [1.29, 1.82) is 0 Å². The van der Waals surface area contributed by atoms with Gasteiger partial charge in [-0.2, -0.15) is 11.8 Å². The van der Waals surface area contributed by atoms with Gasteiger partial charge in [0.15, 0.2) is 0 Å². The van der Waals surface area contributed by atoms with Crippen molar-refractivity contribution in [2.24, 2.45) is 0 Å². The molecule has 0 aliphatic rings. The molecular formula is C23H45NNaO3S. The maximum atomic E-state index is 11.9. The monoisotopic (exact) mass is 438 g/mol. The number of hydrogen-bond donors (Lipinski definition) is 2. The Morgan fingerprint density at radius 2 is 1.21 bits per heavy atom. The molecule has 167 valence electrons. The molecule has 4 nitrogen and oxygen atoms in total. The Hall–Kier alpha value is 0.290. The summed E-state index contributed by atoms with van der Waals surface area (Å²) in [6.07, 6.45) is 22.4. The van der Waals surface area contributed by atoms with E-state index in [2.05, 4.69) is 12.2 Å². The standard InChI is InChI=1S/C23H45NO3S.Na/c1-3-4-5-6-7-8-9-10-11-12-13-14-15-16-17-18-22(25)24-21(23(26)27)19-20-28-2;/h21H,3-20H2,1-2H3,(H,24,25)(H,26,27);/t21-;/m0./s1. The molecule has 0 aromatic heterocycles. The largest absolute Gasteiger partial charge is 0.480 e. The Morgan fingerprint density at radius 3 is 1.59 bits per heavy atom. The first-order valence-corrected chi connectivity index (χ1v) is 13.0. The summed E-state index contributed by atoms with van der Waals surface area (Å²) in [4.78, 5) is 23.0. The maximum absolute atomic E-state index is 11.9. The molecule has 0 spiro atoms. The SMILES string of the molecule is CCCCCCCCCCCCCCCCCC(=O)N[C@@H](CCSC)C(=O)O.[Na]. The Labute approximate surface area is 206 Å². The van der Waals surface area contributed by atoms with Crippen LogP contribution in [-0.2, 0) is 9.59 Å². The van der Waals surface area contributed by atoms with E-state index in [1.165, 1.54) is 83.5 Å². The first kappa shape index (κ1) is 31.5. The van der Waals surface area contributed by atoms with E-state index in [0.717, 1.165) is 18.6 Å². The molecule has 0 aromatic rings. The molecule has 2 N–H and O–H groups in total. The van der Waals surface area contributed by atoms with Crippen molar-refractivity contribution in [3.63, 3.8) is 0 Å². The smallest absolute Gasteiger partial charge is 0.326 e. The zero-order chi connectivity index (χ0) is 20.9. The topological polar surface area (TPSA) is 66.4 Å². The summed E-state index contributed by atoms with van der Waals surface area (Å²) in [6, 6.07) is -0.740. The minimum Gasteiger partial charge on any atom is -0.480 e. The first-order chi connectivity index (χ1) is 13.6. The molecule has 0 saturated carbocycles. The Balaban J connectivity index is 0. The van der Waals surface area contributed by atoms with Crippen LogP contribution in [-0.4, -0.2) is 64.6 Å². The number of carboxylic acid groups (broad SMARTS) is 1. The molecule has 0 fully saturated rings. The van der Waals surface area contributed by atoms with Crippen LogP contribution >= 0.6 is 11.8 Å². The van der Waals surface area contributed by atoms with Crippen molar-refractivity contribution < 1.29 is 14.7 Å². The average molecular weight is 439 g/mol. The van der Waals surface area contributed by atoms with E-state index in [1.54, 1.807) is 11.8 Å². The van der Waals surface area contributed by atoms with Crippen molar-refractivity contribution in [3.05, 3.63) is 0 Å². The summed E-state index contributed by atoms with van der Waals surface area (Å²) in [5.74, 6) is -0.307. The van der Waals surface area contributed by atoms with Crippen LogP contribution in [0.4, 0.5) is 0 Å². The van der Waals surface area contributed by atoms with Crippen LogP contribution in [0.5, 0.6) is 0 Å². The fourth-order valence-electron chi connectivity index (χ4n) is 3.42. The van der Waals surface area contributed by atoms with Gasteiger partial charge in [0.2, 0.25) is 5.91 Å². The van der Waals surface area contributed by atoms with E-state index < -0.39 is 12.0 Å².